The molecule has 16 heteroatoms. The Kier molecular flexibility index (Phi) is 13.1. The number of hydrogen-bond donors (Lipinski definition) is 8. The van der Waals surface area contributed by atoms with Crippen LogP contribution in [0.15, 0.2) is 0 Å². The van der Waals surface area contributed by atoms with E-state index in [1.165, 1.54) is 11.8 Å². The smallest absolute Gasteiger partial charge is 0.326 e. The minimum absolute atomic E-state index is 0.0584. The van der Waals surface area contributed by atoms with Crippen molar-refractivity contribution in [3.05, 3.63) is 0 Å². The average molecular weight is 493 g/mol. The second kappa shape index (κ2) is 14.6. The SMILES string of the molecule is CSCCC(NC(=O)C(N)CC(N)=O)C(=O)NC(CC(=O)O)C(=O)NC(CC(N)=O)C(=O)O. The summed E-state index contributed by atoms with van der Waals surface area (Å²) in [6, 6.07) is -6.08. The Bertz CT molecular complexity index is 778. The number of primary amides is 2. The second-order valence-corrected chi connectivity index (χ2v) is 7.83. The van der Waals surface area contributed by atoms with Crippen LogP contribution in [0.4, 0.5) is 0 Å². The molecule has 0 heterocycles. The summed E-state index contributed by atoms with van der Waals surface area (Å²) in [5.41, 5.74) is 15.5. The predicted molar refractivity (Wildman–Crippen MR) is 114 cm³/mol. The van der Waals surface area contributed by atoms with E-state index in [1.54, 1.807) is 6.26 Å². The van der Waals surface area contributed by atoms with Gasteiger partial charge in [-0.15, -0.1) is 0 Å². The van der Waals surface area contributed by atoms with E-state index >= 15 is 0 Å². The summed E-state index contributed by atoms with van der Waals surface area (Å²) in [4.78, 5) is 81.6. The molecule has 0 aromatic carbocycles. The van der Waals surface area contributed by atoms with Gasteiger partial charge in [0.2, 0.25) is 29.5 Å². The largest absolute Gasteiger partial charge is 0.481 e. The van der Waals surface area contributed by atoms with Gasteiger partial charge in [-0.05, 0) is 18.4 Å². The van der Waals surface area contributed by atoms with Crippen molar-refractivity contribution in [1.82, 2.24) is 16.0 Å². The summed E-state index contributed by atoms with van der Waals surface area (Å²) in [5.74, 6) is -7.62. The lowest BCUT2D eigenvalue weighted by atomic mass is 10.1. The summed E-state index contributed by atoms with van der Waals surface area (Å²) in [5, 5.41) is 24.5. The maximum Gasteiger partial charge on any atom is 0.326 e. The molecule has 0 aliphatic heterocycles. The number of hydrogen-bond acceptors (Lipinski definition) is 9. The van der Waals surface area contributed by atoms with E-state index in [0.29, 0.717) is 5.75 Å². The highest BCUT2D eigenvalue weighted by Gasteiger charge is 2.32. The standard InChI is InChI=1S/C17H28N6O9S/c1-33-3-2-8(21-14(28)7(18)4-11(19)24)15(29)22-9(6-13(26)27)16(30)23-10(17(31)32)5-12(20)25/h7-10H,2-6,18H2,1H3,(H2,19,24)(H2,20,25)(H,21,28)(H,22,29)(H,23,30)(H,26,27)(H,31,32). The van der Waals surface area contributed by atoms with Crippen LogP contribution in [0.25, 0.3) is 0 Å². The second-order valence-electron chi connectivity index (χ2n) is 6.85. The monoisotopic (exact) mass is 492 g/mol. The molecule has 15 nitrogen and oxygen atoms in total. The van der Waals surface area contributed by atoms with Gasteiger partial charge in [-0.1, -0.05) is 0 Å². The van der Waals surface area contributed by atoms with E-state index in [9.17, 15) is 33.6 Å². The molecule has 0 spiro atoms. The lowest BCUT2D eigenvalue weighted by Crippen LogP contribution is -2.58. The van der Waals surface area contributed by atoms with Crippen LogP contribution in [-0.4, -0.2) is 87.9 Å². The molecule has 4 atom stereocenters. The fourth-order valence-corrected chi connectivity index (χ4v) is 2.89. The number of carboxylic acids is 2. The van der Waals surface area contributed by atoms with Crippen LogP contribution in [0.1, 0.15) is 25.7 Å². The first-order valence-corrected chi connectivity index (χ1v) is 10.8. The minimum atomic E-state index is -1.75. The molecule has 0 aromatic rings. The maximum absolute atomic E-state index is 12.7. The van der Waals surface area contributed by atoms with E-state index in [1.807, 2.05) is 5.32 Å². The number of rotatable bonds is 16. The molecule has 0 aliphatic rings. The van der Waals surface area contributed by atoms with Gasteiger partial charge in [0.1, 0.15) is 18.1 Å². The molecular formula is C17H28N6O9S. The first-order chi connectivity index (χ1) is 15.3. The van der Waals surface area contributed by atoms with Crippen molar-refractivity contribution in [1.29, 1.82) is 0 Å². The Morgan fingerprint density at radius 3 is 1.70 bits per heavy atom. The number of aliphatic carboxylic acids is 2. The van der Waals surface area contributed by atoms with Gasteiger partial charge in [0.15, 0.2) is 0 Å². The van der Waals surface area contributed by atoms with Crippen molar-refractivity contribution in [2.24, 2.45) is 17.2 Å². The summed E-state index contributed by atoms with van der Waals surface area (Å²) < 4.78 is 0. The van der Waals surface area contributed by atoms with Crippen LogP contribution in [0, 0.1) is 0 Å². The van der Waals surface area contributed by atoms with Crippen molar-refractivity contribution >= 4 is 53.2 Å². The van der Waals surface area contributed by atoms with Gasteiger partial charge >= 0.3 is 11.9 Å². The Hall–Kier alpha value is -3.40. The zero-order valence-corrected chi connectivity index (χ0v) is 18.6. The third kappa shape index (κ3) is 12.3. The van der Waals surface area contributed by atoms with Crippen LogP contribution in [0.2, 0.25) is 0 Å². The molecule has 0 rings (SSSR count). The predicted octanol–water partition coefficient (Wildman–Crippen LogP) is -4.17. The zero-order valence-electron chi connectivity index (χ0n) is 17.7. The van der Waals surface area contributed by atoms with Crippen LogP contribution in [-0.2, 0) is 33.6 Å². The molecule has 186 valence electrons. The topological polar surface area (TPSA) is 274 Å². The number of carbonyl (C=O) groups excluding carboxylic acids is 5. The van der Waals surface area contributed by atoms with Crippen LogP contribution in [0.5, 0.6) is 0 Å². The minimum Gasteiger partial charge on any atom is -0.481 e. The summed E-state index contributed by atoms with van der Waals surface area (Å²) >= 11 is 1.33. The van der Waals surface area contributed by atoms with Crippen LogP contribution >= 0.6 is 11.8 Å². The highest BCUT2D eigenvalue weighted by atomic mass is 32.2. The first kappa shape index (κ1) is 29.6. The number of nitrogens with one attached hydrogen (secondary N) is 3. The Balaban J connectivity index is 5.51. The van der Waals surface area contributed by atoms with E-state index in [4.69, 9.17) is 27.4 Å². The van der Waals surface area contributed by atoms with Gasteiger partial charge in [0.25, 0.3) is 0 Å². The number of carbonyl (C=O) groups is 7. The molecule has 11 N–H and O–H groups in total. The van der Waals surface area contributed by atoms with E-state index in [2.05, 4.69) is 10.6 Å². The van der Waals surface area contributed by atoms with Crippen molar-refractivity contribution in [3.63, 3.8) is 0 Å². The van der Waals surface area contributed by atoms with Gasteiger partial charge in [-0.3, -0.25) is 28.8 Å². The van der Waals surface area contributed by atoms with Gasteiger partial charge in [-0.2, -0.15) is 11.8 Å². The van der Waals surface area contributed by atoms with E-state index < -0.39 is 84.9 Å². The van der Waals surface area contributed by atoms with Crippen LogP contribution < -0.4 is 33.2 Å². The summed E-state index contributed by atoms with van der Waals surface area (Å²) in [6.07, 6.45) is -0.392. The van der Waals surface area contributed by atoms with Crippen LogP contribution in [0.3, 0.4) is 0 Å². The number of thioether (sulfide) groups is 1. The lowest BCUT2D eigenvalue weighted by Gasteiger charge is -2.24. The van der Waals surface area contributed by atoms with E-state index in [0.717, 1.165) is 0 Å². The van der Waals surface area contributed by atoms with Gasteiger partial charge in [0.05, 0.1) is 25.3 Å². The molecule has 33 heavy (non-hydrogen) atoms. The van der Waals surface area contributed by atoms with Crippen molar-refractivity contribution < 1.29 is 43.8 Å². The average Bonchev–Trinajstić information content (AvgIpc) is 2.68. The quantitative estimate of drug-likeness (QED) is 0.102. The molecule has 5 amide bonds. The molecule has 0 aromatic heterocycles. The molecule has 0 bridgehead atoms. The number of carboxylic acid groups (broad SMARTS) is 2. The lowest BCUT2D eigenvalue weighted by molar-refractivity contribution is -0.144. The van der Waals surface area contributed by atoms with Gasteiger partial charge in [-0.25, -0.2) is 4.79 Å². The molecular weight excluding hydrogens is 464 g/mol. The zero-order chi connectivity index (χ0) is 25.7. The van der Waals surface area contributed by atoms with E-state index in [-0.39, 0.29) is 6.42 Å². The number of amides is 5. The molecule has 0 saturated carbocycles. The summed E-state index contributed by atoms with van der Waals surface area (Å²) in [7, 11) is 0. The Morgan fingerprint density at radius 1 is 0.758 bits per heavy atom. The maximum atomic E-state index is 12.7. The Labute approximate surface area is 192 Å². The fourth-order valence-electron chi connectivity index (χ4n) is 2.42. The molecule has 0 saturated heterocycles. The fraction of sp³-hybridized carbons (Fsp3) is 0.588. The van der Waals surface area contributed by atoms with Gasteiger partial charge in [0, 0.05) is 0 Å². The van der Waals surface area contributed by atoms with Gasteiger partial charge < -0.3 is 43.4 Å². The third-order valence-electron chi connectivity index (χ3n) is 4.03. The van der Waals surface area contributed by atoms with Crippen molar-refractivity contribution in [3.8, 4) is 0 Å². The molecule has 4 unspecified atom stereocenters. The molecule has 0 aliphatic carbocycles. The third-order valence-corrected chi connectivity index (χ3v) is 4.68. The first-order valence-electron chi connectivity index (χ1n) is 9.45. The highest BCUT2D eigenvalue weighted by molar-refractivity contribution is 7.98. The molecule has 0 fully saturated rings. The molecule has 0 radical (unpaired) electrons. The number of nitrogens with two attached hydrogens (primary N) is 3. The van der Waals surface area contributed by atoms with Crippen molar-refractivity contribution in [2.45, 2.75) is 49.9 Å². The summed E-state index contributed by atoms with van der Waals surface area (Å²) in [6.45, 7) is 0. The normalized spacial score (nSPS) is 14.1. The van der Waals surface area contributed by atoms with Crippen molar-refractivity contribution in [2.75, 3.05) is 12.0 Å². The Morgan fingerprint density at radius 2 is 1.24 bits per heavy atom. The highest BCUT2D eigenvalue weighted by Crippen LogP contribution is 2.05.